The Bertz CT molecular complexity index is 772. The van der Waals surface area contributed by atoms with Gasteiger partial charge in [0.15, 0.2) is 5.79 Å². The van der Waals surface area contributed by atoms with E-state index in [4.69, 9.17) is 18.9 Å². The van der Waals surface area contributed by atoms with Gasteiger partial charge in [0.05, 0.1) is 19.3 Å². The molecule has 1 saturated heterocycles. The molecule has 2 aliphatic rings. The summed E-state index contributed by atoms with van der Waals surface area (Å²) in [6, 6.07) is 20.4. The van der Waals surface area contributed by atoms with Crippen molar-refractivity contribution in [1.29, 1.82) is 0 Å². The Kier molecular flexibility index (Phi) is 5.93. The molecule has 148 valence electrons. The average Bonchev–Trinajstić information content (AvgIpc) is 2.95. The zero-order valence-electron chi connectivity index (χ0n) is 16.5. The van der Waals surface area contributed by atoms with Crippen LogP contribution >= 0.6 is 0 Å². The number of ether oxygens (including phenoxy) is 4. The standard InChI is InChI=1S/C24H28O4/c1-24(2)27-22-20(25-16-18-10-5-3-6-11-18)14-9-15-21(23(22)28-24)26-17-19-12-7-4-8-13-19/h3-14,20-23H,15-17H2,1-2H3/t20-,21-,22+,23-/m1/s1. The fourth-order valence-corrected chi connectivity index (χ4v) is 3.81. The quantitative estimate of drug-likeness (QED) is 0.685. The summed E-state index contributed by atoms with van der Waals surface area (Å²) in [6.07, 6.45) is 4.39. The Labute approximate surface area is 167 Å². The minimum absolute atomic E-state index is 0.0754. The second kappa shape index (κ2) is 8.58. The van der Waals surface area contributed by atoms with Gasteiger partial charge in [-0.25, -0.2) is 0 Å². The largest absolute Gasteiger partial charge is 0.370 e. The van der Waals surface area contributed by atoms with Gasteiger partial charge in [-0.1, -0.05) is 72.8 Å². The van der Waals surface area contributed by atoms with Crippen molar-refractivity contribution in [3.05, 3.63) is 83.9 Å². The Balaban J connectivity index is 1.45. The van der Waals surface area contributed by atoms with Crippen LogP contribution in [0.1, 0.15) is 31.4 Å². The van der Waals surface area contributed by atoms with Crippen LogP contribution in [-0.4, -0.2) is 30.2 Å². The molecule has 0 unspecified atom stereocenters. The number of rotatable bonds is 6. The lowest BCUT2D eigenvalue weighted by molar-refractivity contribution is -0.165. The van der Waals surface area contributed by atoms with Crippen molar-refractivity contribution in [2.75, 3.05) is 0 Å². The van der Waals surface area contributed by atoms with Gasteiger partial charge < -0.3 is 18.9 Å². The van der Waals surface area contributed by atoms with Crippen LogP contribution in [0.4, 0.5) is 0 Å². The molecule has 0 saturated carbocycles. The van der Waals surface area contributed by atoms with Crippen LogP contribution in [0.25, 0.3) is 0 Å². The maximum Gasteiger partial charge on any atom is 0.164 e. The van der Waals surface area contributed by atoms with Crippen molar-refractivity contribution in [3.63, 3.8) is 0 Å². The van der Waals surface area contributed by atoms with Gasteiger partial charge in [-0.3, -0.25) is 0 Å². The molecule has 4 nitrogen and oxygen atoms in total. The predicted molar refractivity (Wildman–Crippen MR) is 108 cm³/mol. The summed E-state index contributed by atoms with van der Waals surface area (Å²) in [5.41, 5.74) is 2.30. The lowest BCUT2D eigenvalue weighted by atomic mass is 10.0. The molecule has 1 heterocycles. The van der Waals surface area contributed by atoms with E-state index in [1.807, 2.05) is 50.2 Å². The first-order valence-electron chi connectivity index (χ1n) is 9.94. The molecule has 0 amide bonds. The van der Waals surface area contributed by atoms with Crippen molar-refractivity contribution in [2.24, 2.45) is 0 Å². The van der Waals surface area contributed by atoms with Crippen molar-refractivity contribution in [2.45, 2.75) is 63.7 Å². The lowest BCUT2D eigenvalue weighted by Gasteiger charge is -2.27. The first-order valence-corrected chi connectivity index (χ1v) is 9.94. The van der Waals surface area contributed by atoms with Gasteiger partial charge in [0, 0.05) is 0 Å². The molecule has 0 aromatic heterocycles. The van der Waals surface area contributed by atoms with E-state index in [9.17, 15) is 0 Å². The van der Waals surface area contributed by atoms with Gasteiger partial charge in [0.2, 0.25) is 0 Å². The van der Waals surface area contributed by atoms with Gasteiger partial charge in [0.25, 0.3) is 0 Å². The Morgan fingerprint density at radius 2 is 1.39 bits per heavy atom. The van der Waals surface area contributed by atoms with Crippen LogP contribution < -0.4 is 0 Å². The Morgan fingerprint density at radius 3 is 2.04 bits per heavy atom. The predicted octanol–water partition coefficient (Wildman–Crippen LogP) is 4.64. The molecule has 2 aromatic carbocycles. The average molecular weight is 380 g/mol. The molecule has 4 atom stereocenters. The summed E-state index contributed by atoms with van der Waals surface area (Å²) in [6.45, 7) is 5.00. The maximum absolute atomic E-state index is 6.26. The topological polar surface area (TPSA) is 36.9 Å². The highest BCUT2D eigenvalue weighted by molar-refractivity contribution is 5.15. The molecule has 1 aliphatic carbocycles. The molecular weight excluding hydrogens is 352 g/mol. The zero-order valence-corrected chi connectivity index (χ0v) is 16.5. The number of hydrogen-bond donors (Lipinski definition) is 0. The molecule has 0 radical (unpaired) electrons. The number of benzene rings is 2. The highest BCUT2D eigenvalue weighted by Crippen LogP contribution is 2.37. The monoisotopic (exact) mass is 380 g/mol. The highest BCUT2D eigenvalue weighted by atomic mass is 16.8. The van der Waals surface area contributed by atoms with Gasteiger partial charge >= 0.3 is 0 Å². The van der Waals surface area contributed by atoms with Gasteiger partial charge in [-0.15, -0.1) is 0 Å². The van der Waals surface area contributed by atoms with Crippen LogP contribution in [0.5, 0.6) is 0 Å². The fourth-order valence-electron chi connectivity index (χ4n) is 3.81. The minimum Gasteiger partial charge on any atom is -0.370 e. The van der Waals surface area contributed by atoms with Crippen molar-refractivity contribution < 1.29 is 18.9 Å². The Hall–Kier alpha value is -1.98. The van der Waals surface area contributed by atoms with Gasteiger partial charge in [-0.05, 0) is 31.4 Å². The molecule has 0 N–H and O–H groups in total. The van der Waals surface area contributed by atoms with E-state index in [1.54, 1.807) is 0 Å². The van der Waals surface area contributed by atoms with Gasteiger partial charge in [0.1, 0.15) is 18.3 Å². The summed E-state index contributed by atoms with van der Waals surface area (Å²) in [5.74, 6) is -0.650. The van der Waals surface area contributed by atoms with E-state index in [0.29, 0.717) is 13.2 Å². The molecule has 1 aliphatic heterocycles. The lowest BCUT2D eigenvalue weighted by Crippen LogP contribution is -2.42. The van der Waals surface area contributed by atoms with Crippen LogP contribution in [-0.2, 0) is 32.2 Å². The van der Waals surface area contributed by atoms with Crippen molar-refractivity contribution >= 4 is 0 Å². The summed E-state index contributed by atoms with van der Waals surface area (Å²) in [4.78, 5) is 0. The molecule has 28 heavy (non-hydrogen) atoms. The highest BCUT2D eigenvalue weighted by Gasteiger charge is 2.49. The summed E-state index contributed by atoms with van der Waals surface area (Å²) >= 11 is 0. The third-order valence-corrected chi connectivity index (χ3v) is 5.14. The third-order valence-electron chi connectivity index (χ3n) is 5.14. The van der Waals surface area contributed by atoms with Crippen LogP contribution in [0, 0.1) is 0 Å². The second-order valence-electron chi connectivity index (χ2n) is 7.82. The first kappa shape index (κ1) is 19.3. The van der Waals surface area contributed by atoms with Crippen LogP contribution in [0.2, 0.25) is 0 Å². The van der Waals surface area contributed by atoms with Crippen molar-refractivity contribution in [1.82, 2.24) is 0 Å². The molecule has 0 spiro atoms. The number of hydrogen-bond acceptors (Lipinski definition) is 4. The van der Waals surface area contributed by atoms with E-state index < -0.39 is 5.79 Å². The summed E-state index contributed by atoms with van der Waals surface area (Å²) in [5, 5.41) is 0. The van der Waals surface area contributed by atoms with E-state index >= 15 is 0 Å². The van der Waals surface area contributed by atoms with Crippen molar-refractivity contribution in [3.8, 4) is 0 Å². The third kappa shape index (κ3) is 4.70. The molecule has 0 bridgehead atoms. The van der Waals surface area contributed by atoms with Crippen LogP contribution in [0.15, 0.2) is 72.8 Å². The summed E-state index contributed by atoms with van der Waals surface area (Å²) < 4.78 is 25.0. The second-order valence-corrected chi connectivity index (χ2v) is 7.82. The molecular formula is C24H28O4. The first-order chi connectivity index (χ1) is 13.6. The van der Waals surface area contributed by atoms with E-state index in [2.05, 4.69) is 36.4 Å². The smallest absolute Gasteiger partial charge is 0.164 e. The fraction of sp³-hybridized carbons (Fsp3) is 0.417. The van der Waals surface area contributed by atoms with E-state index in [1.165, 1.54) is 0 Å². The summed E-state index contributed by atoms with van der Waals surface area (Å²) in [7, 11) is 0. The Morgan fingerprint density at radius 1 is 0.821 bits per heavy atom. The van der Waals surface area contributed by atoms with E-state index in [0.717, 1.165) is 17.5 Å². The van der Waals surface area contributed by atoms with E-state index in [-0.39, 0.29) is 24.4 Å². The molecule has 1 fully saturated rings. The SMILES string of the molecule is CC1(C)O[C@@H]2[C@H](O1)[C@H](OCc1ccccc1)CC=C[C@H]2OCc1ccccc1. The zero-order chi connectivity index (χ0) is 19.4. The molecule has 4 rings (SSSR count). The molecule has 2 aromatic rings. The normalized spacial score (nSPS) is 28.6. The maximum atomic E-state index is 6.26. The van der Waals surface area contributed by atoms with Crippen LogP contribution in [0.3, 0.4) is 0 Å². The number of fused-ring (bicyclic) bond motifs is 1. The minimum atomic E-state index is -0.650. The molecule has 4 heteroatoms. The van der Waals surface area contributed by atoms with Gasteiger partial charge in [-0.2, -0.15) is 0 Å².